The number of carbonyl (C=O) groups excluding carboxylic acids is 1. The number of carbonyl (C=O) groups is 1. The van der Waals surface area contributed by atoms with Gasteiger partial charge < -0.3 is 9.42 Å². The Morgan fingerprint density at radius 2 is 1.75 bits per heavy atom. The molecule has 3 heterocycles. The van der Waals surface area contributed by atoms with Gasteiger partial charge in [0.1, 0.15) is 0 Å². The summed E-state index contributed by atoms with van der Waals surface area (Å²) in [6.45, 7) is 1.69. The summed E-state index contributed by atoms with van der Waals surface area (Å²) in [6.07, 6.45) is 12.4. The van der Waals surface area contributed by atoms with Gasteiger partial charge in [-0.2, -0.15) is 0 Å². The first-order valence-electron chi connectivity index (χ1n) is 8.92. The van der Waals surface area contributed by atoms with Crippen LogP contribution in [0.15, 0.2) is 35.1 Å². The van der Waals surface area contributed by atoms with E-state index in [0.717, 1.165) is 31.5 Å². The van der Waals surface area contributed by atoms with E-state index in [1.807, 2.05) is 17.0 Å². The molecular weight excluding hydrogens is 302 g/mol. The zero-order valence-corrected chi connectivity index (χ0v) is 13.9. The molecular formula is C19H23N3O2. The first-order valence-corrected chi connectivity index (χ1v) is 8.92. The minimum atomic E-state index is -0.00952. The highest BCUT2D eigenvalue weighted by Crippen LogP contribution is 2.44. The Hall–Kier alpha value is -2.17. The van der Waals surface area contributed by atoms with Gasteiger partial charge in [0.2, 0.25) is 0 Å². The van der Waals surface area contributed by atoms with Crippen molar-refractivity contribution in [3.8, 4) is 11.3 Å². The van der Waals surface area contributed by atoms with E-state index >= 15 is 0 Å². The Kier molecular flexibility index (Phi) is 4.08. The van der Waals surface area contributed by atoms with Crippen molar-refractivity contribution in [2.75, 3.05) is 13.1 Å². The highest BCUT2D eigenvalue weighted by molar-refractivity contribution is 5.93. The van der Waals surface area contributed by atoms with Crippen LogP contribution in [0, 0.1) is 5.41 Å². The van der Waals surface area contributed by atoms with E-state index in [1.54, 1.807) is 18.5 Å². The molecule has 4 rings (SSSR count). The third-order valence-electron chi connectivity index (χ3n) is 5.72. The second kappa shape index (κ2) is 6.38. The number of aromatic nitrogens is 2. The van der Waals surface area contributed by atoms with Gasteiger partial charge in [-0.3, -0.25) is 9.78 Å². The quantitative estimate of drug-likeness (QED) is 0.839. The lowest BCUT2D eigenvalue weighted by Crippen LogP contribution is -2.44. The lowest BCUT2D eigenvalue weighted by molar-refractivity contribution is 0.0464. The summed E-state index contributed by atoms with van der Waals surface area (Å²) in [4.78, 5) is 18.6. The lowest BCUT2D eigenvalue weighted by atomic mass is 9.68. The molecule has 0 radical (unpaired) electrons. The third kappa shape index (κ3) is 2.95. The van der Waals surface area contributed by atoms with Gasteiger partial charge in [-0.25, -0.2) is 0 Å². The van der Waals surface area contributed by atoms with Crippen molar-refractivity contribution in [2.24, 2.45) is 5.41 Å². The summed E-state index contributed by atoms with van der Waals surface area (Å²) in [6, 6.07) is 5.44. The number of amides is 1. The van der Waals surface area contributed by atoms with Crippen molar-refractivity contribution in [1.82, 2.24) is 15.0 Å². The van der Waals surface area contributed by atoms with E-state index < -0.39 is 0 Å². The molecule has 0 atom stereocenters. The topological polar surface area (TPSA) is 59.2 Å². The summed E-state index contributed by atoms with van der Waals surface area (Å²) in [5.41, 5.74) is 1.79. The molecule has 5 nitrogen and oxygen atoms in total. The summed E-state index contributed by atoms with van der Waals surface area (Å²) < 4.78 is 5.35. The SMILES string of the molecule is O=C(c1cc(-c2ccncc2)on1)N1CCC2(CCCCC2)CC1. The van der Waals surface area contributed by atoms with Gasteiger partial charge in [-0.15, -0.1) is 0 Å². The zero-order valence-electron chi connectivity index (χ0n) is 13.9. The fourth-order valence-electron chi connectivity index (χ4n) is 4.18. The fraction of sp³-hybridized carbons (Fsp3) is 0.526. The van der Waals surface area contributed by atoms with Crippen molar-refractivity contribution >= 4 is 5.91 Å². The van der Waals surface area contributed by atoms with Crippen LogP contribution in [0.1, 0.15) is 55.4 Å². The Balaban J connectivity index is 1.43. The van der Waals surface area contributed by atoms with E-state index in [1.165, 1.54) is 32.1 Å². The predicted octanol–water partition coefficient (Wildman–Crippen LogP) is 3.92. The number of nitrogens with zero attached hydrogens (tertiary/aromatic N) is 3. The van der Waals surface area contributed by atoms with Crippen LogP contribution in [-0.2, 0) is 0 Å². The third-order valence-corrected chi connectivity index (χ3v) is 5.72. The van der Waals surface area contributed by atoms with Gasteiger partial charge >= 0.3 is 0 Å². The monoisotopic (exact) mass is 325 g/mol. The van der Waals surface area contributed by atoms with E-state index in [2.05, 4.69) is 10.1 Å². The molecule has 5 heteroatoms. The average molecular weight is 325 g/mol. The largest absolute Gasteiger partial charge is 0.355 e. The molecule has 1 aliphatic heterocycles. The van der Waals surface area contributed by atoms with Crippen LogP contribution < -0.4 is 0 Å². The van der Waals surface area contributed by atoms with E-state index in [4.69, 9.17) is 4.52 Å². The molecule has 2 fully saturated rings. The molecule has 1 saturated heterocycles. The van der Waals surface area contributed by atoms with E-state index in [9.17, 15) is 4.79 Å². The molecule has 0 bridgehead atoms. The van der Waals surface area contributed by atoms with Gasteiger partial charge in [-0.05, 0) is 43.2 Å². The van der Waals surface area contributed by atoms with Crippen molar-refractivity contribution in [3.05, 3.63) is 36.3 Å². The molecule has 0 N–H and O–H groups in total. The van der Waals surface area contributed by atoms with Crippen LogP contribution in [0.5, 0.6) is 0 Å². The molecule has 1 amide bonds. The minimum absolute atomic E-state index is 0.00952. The molecule has 2 aromatic heterocycles. The van der Waals surface area contributed by atoms with Crippen LogP contribution >= 0.6 is 0 Å². The van der Waals surface area contributed by atoms with Crippen LogP contribution in [0.4, 0.5) is 0 Å². The number of piperidine rings is 1. The number of likely N-dealkylation sites (tertiary alicyclic amines) is 1. The van der Waals surface area contributed by atoms with Crippen molar-refractivity contribution in [1.29, 1.82) is 0 Å². The first kappa shape index (κ1) is 15.4. The van der Waals surface area contributed by atoms with Crippen LogP contribution in [0.3, 0.4) is 0 Å². The number of pyridine rings is 1. The van der Waals surface area contributed by atoms with Crippen molar-refractivity contribution in [3.63, 3.8) is 0 Å². The molecule has 0 aromatic carbocycles. The Bertz CT molecular complexity index is 694. The van der Waals surface area contributed by atoms with Crippen molar-refractivity contribution < 1.29 is 9.32 Å². The number of hydrogen-bond donors (Lipinski definition) is 0. The summed E-state index contributed by atoms with van der Waals surface area (Å²) in [5.74, 6) is 0.603. The predicted molar refractivity (Wildman–Crippen MR) is 90.4 cm³/mol. The summed E-state index contributed by atoms with van der Waals surface area (Å²) in [7, 11) is 0. The van der Waals surface area contributed by atoms with Gasteiger partial charge in [0, 0.05) is 37.1 Å². The average Bonchev–Trinajstić information content (AvgIpc) is 3.13. The molecule has 2 aromatic rings. The molecule has 1 spiro atoms. The molecule has 1 saturated carbocycles. The van der Waals surface area contributed by atoms with Gasteiger partial charge in [0.15, 0.2) is 11.5 Å². The molecule has 1 aliphatic carbocycles. The minimum Gasteiger partial charge on any atom is -0.355 e. The first-order chi connectivity index (χ1) is 11.8. The molecule has 126 valence electrons. The second-order valence-electron chi connectivity index (χ2n) is 7.17. The Labute approximate surface area is 142 Å². The normalized spacial score (nSPS) is 20.2. The van der Waals surface area contributed by atoms with Crippen LogP contribution in [0.25, 0.3) is 11.3 Å². The smallest absolute Gasteiger partial charge is 0.276 e. The summed E-state index contributed by atoms with van der Waals surface area (Å²) in [5, 5.41) is 3.99. The summed E-state index contributed by atoms with van der Waals surface area (Å²) >= 11 is 0. The van der Waals surface area contributed by atoms with E-state index in [0.29, 0.717) is 16.9 Å². The van der Waals surface area contributed by atoms with Gasteiger partial charge in [0.05, 0.1) is 0 Å². The van der Waals surface area contributed by atoms with Crippen LogP contribution in [-0.4, -0.2) is 34.0 Å². The Morgan fingerprint density at radius 3 is 2.46 bits per heavy atom. The number of hydrogen-bond acceptors (Lipinski definition) is 4. The van der Waals surface area contributed by atoms with Crippen molar-refractivity contribution in [2.45, 2.75) is 44.9 Å². The number of rotatable bonds is 2. The van der Waals surface area contributed by atoms with E-state index in [-0.39, 0.29) is 5.91 Å². The van der Waals surface area contributed by atoms with Crippen LogP contribution in [0.2, 0.25) is 0 Å². The zero-order chi connectivity index (χ0) is 16.4. The fourth-order valence-corrected chi connectivity index (χ4v) is 4.18. The molecule has 2 aliphatic rings. The molecule has 24 heavy (non-hydrogen) atoms. The Morgan fingerprint density at radius 1 is 1.04 bits per heavy atom. The molecule has 0 unspecified atom stereocenters. The highest BCUT2D eigenvalue weighted by atomic mass is 16.5. The maximum atomic E-state index is 12.7. The van der Waals surface area contributed by atoms with Gasteiger partial charge in [0.25, 0.3) is 5.91 Å². The standard InChI is InChI=1S/C19H23N3O2/c23-18(16-14-17(24-21-16)15-4-10-20-11-5-15)22-12-8-19(9-13-22)6-2-1-3-7-19/h4-5,10-11,14H,1-3,6-9,12-13H2. The second-order valence-corrected chi connectivity index (χ2v) is 7.17. The maximum absolute atomic E-state index is 12.7. The highest BCUT2D eigenvalue weighted by Gasteiger charge is 2.37. The maximum Gasteiger partial charge on any atom is 0.276 e. The lowest BCUT2D eigenvalue weighted by Gasteiger charge is -2.44. The van der Waals surface area contributed by atoms with Gasteiger partial charge in [-0.1, -0.05) is 24.4 Å².